The summed E-state index contributed by atoms with van der Waals surface area (Å²) in [5, 5.41) is 11.7. The summed E-state index contributed by atoms with van der Waals surface area (Å²) in [6.45, 7) is 7.91. The van der Waals surface area contributed by atoms with Crippen LogP contribution in [-0.4, -0.2) is 29.1 Å². The van der Waals surface area contributed by atoms with Gasteiger partial charge < -0.3 is 16.2 Å². The van der Waals surface area contributed by atoms with Crippen molar-refractivity contribution in [3.63, 3.8) is 0 Å². The van der Waals surface area contributed by atoms with Crippen LogP contribution >= 0.6 is 0 Å². The molecule has 0 unspecified atom stereocenters. The van der Waals surface area contributed by atoms with Crippen LogP contribution in [0.15, 0.2) is 0 Å². The Morgan fingerprint density at radius 1 is 1.26 bits per heavy atom. The first-order valence-electron chi connectivity index (χ1n) is 7.05. The Balaban J connectivity index is 4.50. The molecule has 0 aliphatic rings. The van der Waals surface area contributed by atoms with E-state index in [4.69, 9.17) is 10.8 Å². The molecule has 0 heterocycles. The minimum atomic E-state index is -0.896. The zero-order chi connectivity index (χ0) is 15.0. The fourth-order valence-corrected chi connectivity index (χ4v) is 2.10. The molecule has 0 rings (SSSR count). The minimum absolute atomic E-state index is 0.0403. The quantitative estimate of drug-likeness (QED) is 0.596. The first-order valence-corrected chi connectivity index (χ1v) is 7.05. The predicted octanol–water partition coefficient (Wildman–Crippen LogP) is 1.76. The third kappa shape index (κ3) is 7.82. The number of aliphatic carboxylic acids is 1. The fourth-order valence-electron chi connectivity index (χ4n) is 2.10. The van der Waals surface area contributed by atoms with Crippen LogP contribution in [0, 0.1) is 11.8 Å². The molecule has 0 bridgehead atoms. The maximum absolute atomic E-state index is 11.9. The predicted molar refractivity (Wildman–Crippen MR) is 75.7 cm³/mol. The van der Waals surface area contributed by atoms with E-state index in [0.29, 0.717) is 12.3 Å². The summed E-state index contributed by atoms with van der Waals surface area (Å²) in [4.78, 5) is 22.7. The molecule has 3 atom stereocenters. The van der Waals surface area contributed by atoms with E-state index in [1.807, 2.05) is 13.8 Å². The van der Waals surface area contributed by atoms with E-state index >= 15 is 0 Å². The van der Waals surface area contributed by atoms with Gasteiger partial charge in [0.1, 0.15) is 0 Å². The van der Waals surface area contributed by atoms with E-state index in [-0.39, 0.29) is 24.3 Å². The molecule has 0 saturated heterocycles. The van der Waals surface area contributed by atoms with Crippen LogP contribution in [0.1, 0.15) is 53.4 Å². The Labute approximate surface area is 115 Å². The number of nitrogens with two attached hydrogens (primary N) is 1. The van der Waals surface area contributed by atoms with Gasteiger partial charge >= 0.3 is 5.97 Å². The number of hydrogen-bond donors (Lipinski definition) is 3. The average Bonchev–Trinajstić information content (AvgIpc) is 2.26. The minimum Gasteiger partial charge on any atom is -0.481 e. The lowest BCUT2D eigenvalue weighted by molar-refractivity contribution is -0.137. The smallest absolute Gasteiger partial charge is 0.305 e. The van der Waals surface area contributed by atoms with Gasteiger partial charge in [0.05, 0.1) is 12.5 Å². The van der Waals surface area contributed by atoms with Crippen molar-refractivity contribution in [2.24, 2.45) is 17.6 Å². The normalized spacial score (nSPS) is 15.9. The first kappa shape index (κ1) is 17.9. The van der Waals surface area contributed by atoms with Crippen LogP contribution < -0.4 is 11.1 Å². The molecule has 0 aliphatic heterocycles. The molecule has 0 spiro atoms. The molecule has 1 amide bonds. The summed E-state index contributed by atoms with van der Waals surface area (Å²) in [5.41, 5.74) is 5.77. The Bertz CT molecular complexity index is 292. The lowest BCUT2D eigenvalue weighted by atomic mass is 9.95. The van der Waals surface area contributed by atoms with E-state index in [0.717, 1.165) is 12.8 Å². The van der Waals surface area contributed by atoms with Crippen molar-refractivity contribution in [2.45, 2.75) is 65.5 Å². The second-order valence-corrected chi connectivity index (χ2v) is 5.70. The maximum Gasteiger partial charge on any atom is 0.305 e. The number of nitrogens with one attached hydrogen (secondary N) is 1. The lowest BCUT2D eigenvalue weighted by Crippen LogP contribution is -2.48. The van der Waals surface area contributed by atoms with Crippen molar-refractivity contribution in [2.75, 3.05) is 0 Å². The molecule has 0 fully saturated rings. The van der Waals surface area contributed by atoms with Crippen molar-refractivity contribution < 1.29 is 14.7 Å². The van der Waals surface area contributed by atoms with Crippen molar-refractivity contribution in [3.8, 4) is 0 Å². The molecule has 0 aliphatic carbocycles. The van der Waals surface area contributed by atoms with Crippen LogP contribution in [0.3, 0.4) is 0 Å². The fraction of sp³-hybridized carbons (Fsp3) is 0.857. The summed E-state index contributed by atoms with van der Waals surface area (Å²) in [5.74, 6) is -0.722. The van der Waals surface area contributed by atoms with E-state index in [1.54, 1.807) is 0 Å². The molecule has 0 aromatic heterocycles. The van der Waals surface area contributed by atoms with Gasteiger partial charge in [-0.05, 0) is 18.3 Å². The summed E-state index contributed by atoms with van der Waals surface area (Å²) >= 11 is 0. The molecule has 0 aromatic carbocycles. The zero-order valence-electron chi connectivity index (χ0n) is 12.5. The monoisotopic (exact) mass is 272 g/mol. The highest BCUT2D eigenvalue weighted by molar-refractivity contribution is 5.82. The third-order valence-corrected chi connectivity index (χ3v) is 3.26. The summed E-state index contributed by atoms with van der Waals surface area (Å²) in [6, 6.07) is -0.922. The van der Waals surface area contributed by atoms with Crippen molar-refractivity contribution in [3.05, 3.63) is 0 Å². The van der Waals surface area contributed by atoms with Gasteiger partial charge in [-0.25, -0.2) is 0 Å². The van der Waals surface area contributed by atoms with Crippen LogP contribution in [0.2, 0.25) is 0 Å². The molecule has 5 heteroatoms. The van der Waals surface area contributed by atoms with E-state index in [1.165, 1.54) is 0 Å². The highest BCUT2D eigenvalue weighted by Gasteiger charge is 2.23. The van der Waals surface area contributed by atoms with Crippen LogP contribution in [0.4, 0.5) is 0 Å². The number of rotatable bonds is 9. The molecule has 4 N–H and O–H groups in total. The summed E-state index contributed by atoms with van der Waals surface area (Å²) < 4.78 is 0. The SMILES string of the molecule is CCC[C@@H](C)C[C@@H](CC(=O)O)NC(=O)[C@@H](N)C(C)C. The second kappa shape index (κ2) is 8.91. The number of carbonyl (C=O) groups is 2. The Morgan fingerprint density at radius 3 is 2.26 bits per heavy atom. The van der Waals surface area contributed by atoms with Crippen molar-refractivity contribution in [1.29, 1.82) is 0 Å². The number of carbonyl (C=O) groups excluding carboxylic acids is 1. The Hall–Kier alpha value is -1.10. The molecular weight excluding hydrogens is 244 g/mol. The highest BCUT2D eigenvalue weighted by Crippen LogP contribution is 2.15. The maximum atomic E-state index is 11.9. The lowest BCUT2D eigenvalue weighted by Gasteiger charge is -2.23. The molecule has 19 heavy (non-hydrogen) atoms. The van der Waals surface area contributed by atoms with Gasteiger partial charge in [-0.3, -0.25) is 9.59 Å². The molecule has 0 saturated carbocycles. The second-order valence-electron chi connectivity index (χ2n) is 5.70. The van der Waals surface area contributed by atoms with Crippen molar-refractivity contribution in [1.82, 2.24) is 5.32 Å². The molecule has 112 valence electrons. The summed E-state index contributed by atoms with van der Waals surface area (Å²) in [6.07, 6.45) is 2.71. The van der Waals surface area contributed by atoms with Gasteiger partial charge in [0.2, 0.25) is 5.91 Å². The van der Waals surface area contributed by atoms with Crippen molar-refractivity contribution >= 4 is 11.9 Å². The van der Waals surface area contributed by atoms with Gasteiger partial charge in [0, 0.05) is 6.04 Å². The standard InChI is InChI=1S/C14H28N2O3/c1-5-6-10(4)7-11(8-12(17)18)16-14(19)13(15)9(2)3/h9-11,13H,5-8,15H2,1-4H3,(H,16,19)(H,17,18)/t10-,11+,13+/m1/s1. The highest BCUT2D eigenvalue weighted by atomic mass is 16.4. The molecule has 0 aromatic rings. The largest absolute Gasteiger partial charge is 0.481 e. The molecule has 0 radical (unpaired) electrons. The van der Waals surface area contributed by atoms with Gasteiger partial charge in [0.25, 0.3) is 0 Å². The average molecular weight is 272 g/mol. The number of carboxylic acid groups (broad SMARTS) is 1. The Kier molecular flexibility index (Phi) is 8.39. The van der Waals surface area contributed by atoms with Gasteiger partial charge in [-0.2, -0.15) is 0 Å². The van der Waals surface area contributed by atoms with Gasteiger partial charge in [0.15, 0.2) is 0 Å². The molecule has 5 nitrogen and oxygen atoms in total. The van der Waals surface area contributed by atoms with E-state index in [9.17, 15) is 9.59 Å². The van der Waals surface area contributed by atoms with E-state index < -0.39 is 12.0 Å². The number of amides is 1. The molecular formula is C14H28N2O3. The van der Waals surface area contributed by atoms with Gasteiger partial charge in [-0.15, -0.1) is 0 Å². The zero-order valence-corrected chi connectivity index (χ0v) is 12.5. The van der Waals surface area contributed by atoms with Crippen LogP contribution in [0.5, 0.6) is 0 Å². The van der Waals surface area contributed by atoms with E-state index in [2.05, 4.69) is 19.2 Å². The summed E-state index contributed by atoms with van der Waals surface area (Å²) in [7, 11) is 0. The van der Waals surface area contributed by atoms with Crippen LogP contribution in [-0.2, 0) is 9.59 Å². The number of carboxylic acids is 1. The third-order valence-electron chi connectivity index (χ3n) is 3.26. The number of hydrogen-bond acceptors (Lipinski definition) is 3. The topological polar surface area (TPSA) is 92.4 Å². The Morgan fingerprint density at radius 2 is 1.84 bits per heavy atom. The first-order chi connectivity index (χ1) is 8.77. The van der Waals surface area contributed by atoms with Gasteiger partial charge in [-0.1, -0.05) is 40.5 Å². The van der Waals surface area contributed by atoms with Crippen LogP contribution in [0.25, 0.3) is 0 Å².